The standard InChI is InChI=1S/C25H25N3O3/c1-16-23(9-8-20(24(16)30)22(29)11-25(2,3)4)31-15-19-13-28-21(14-27-19)18-7-5-6-17(10-18)12-26/h5-10,13-14,30H,11,15H2,1-4H3. The van der Waals surface area contributed by atoms with Crippen LogP contribution >= 0.6 is 0 Å². The quantitative estimate of drug-likeness (QED) is 0.554. The van der Waals surface area contributed by atoms with Gasteiger partial charge in [-0.05, 0) is 36.6 Å². The molecule has 0 spiro atoms. The van der Waals surface area contributed by atoms with Crippen LogP contribution in [-0.2, 0) is 6.61 Å². The molecule has 0 aliphatic carbocycles. The van der Waals surface area contributed by atoms with Crippen molar-refractivity contribution in [2.45, 2.75) is 40.7 Å². The first-order valence-corrected chi connectivity index (χ1v) is 9.98. The van der Waals surface area contributed by atoms with Crippen molar-refractivity contribution in [3.05, 3.63) is 71.2 Å². The van der Waals surface area contributed by atoms with Crippen LogP contribution in [0.25, 0.3) is 11.3 Å². The molecule has 6 heteroatoms. The van der Waals surface area contributed by atoms with Crippen LogP contribution in [-0.4, -0.2) is 20.9 Å². The fourth-order valence-corrected chi connectivity index (χ4v) is 3.12. The van der Waals surface area contributed by atoms with Crippen molar-refractivity contribution in [2.75, 3.05) is 0 Å². The lowest BCUT2D eigenvalue weighted by Crippen LogP contribution is -2.13. The molecule has 0 atom stereocenters. The van der Waals surface area contributed by atoms with Crippen molar-refractivity contribution in [3.63, 3.8) is 0 Å². The first kappa shape index (κ1) is 22.0. The molecule has 31 heavy (non-hydrogen) atoms. The lowest BCUT2D eigenvalue weighted by atomic mass is 9.87. The van der Waals surface area contributed by atoms with Gasteiger partial charge in [-0.3, -0.25) is 14.8 Å². The second-order valence-electron chi connectivity index (χ2n) is 8.62. The Balaban J connectivity index is 1.70. The zero-order valence-corrected chi connectivity index (χ0v) is 18.1. The SMILES string of the molecule is Cc1c(OCc2cnc(-c3cccc(C#N)c3)cn2)ccc(C(=O)CC(C)(C)C)c1O. The molecule has 2 aromatic carbocycles. The number of nitriles is 1. The van der Waals surface area contributed by atoms with E-state index in [0.717, 1.165) is 5.56 Å². The molecule has 0 fully saturated rings. The van der Waals surface area contributed by atoms with Gasteiger partial charge in [0.05, 0.1) is 41.0 Å². The van der Waals surface area contributed by atoms with Crippen LogP contribution in [0, 0.1) is 23.7 Å². The van der Waals surface area contributed by atoms with Crippen molar-refractivity contribution in [1.29, 1.82) is 5.26 Å². The van der Waals surface area contributed by atoms with Gasteiger partial charge in [-0.25, -0.2) is 0 Å². The van der Waals surface area contributed by atoms with Gasteiger partial charge in [0, 0.05) is 17.5 Å². The van der Waals surface area contributed by atoms with Gasteiger partial charge < -0.3 is 9.84 Å². The van der Waals surface area contributed by atoms with Gasteiger partial charge in [0.1, 0.15) is 18.1 Å². The van der Waals surface area contributed by atoms with Gasteiger partial charge >= 0.3 is 0 Å². The summed E-state index contributed by atoms with van der Waals surface area (Å²) in [5, 5.41) is 19.5. The molecule has 0 saturated carbocycles. The Hall–Kier alpha value is -3.72. The summed E-state index contributed by atoms with van der Waals surface area (Å²) >= 11 is 0. The number of aromatic hydroxyl groups is 1. The smallest absolute Gasteiger partial charge is 0.167 e. The number of nitrogens with zero attached hydrogens (tertiary/aromatic N) is 3. The van der Waals surface area contributed by atoms with E-state index in [1.807, 2.05) is 26.8 Å². The maximum Gasteiger partial charge on any atom is 0.167 e. The minimum atomic E-state index is -0.159. The number of aromatic nitrogens is 2. The number of benzene rings is 2. The zero-order chi connectivity index (χ0) is 22.6. The van der Waals surface area contributed by atoms with E-state index in [0.29, 0.717) is 40.2 Å². The highest BCUT2D eigenvalue weighted by molar-refractivity contribution is 5.99. The lowest BCUT2D eigenvalue weighted by molar-refractivity contribution is 0.0937. The molecule has 0 amide bonds. The van der Waals surface area contributed by atoms with Crippen molar-refractivity contribution in [3.8, 4) is 28.8 Å². The summed E-state index contributed by atoms with van der Waals surface area (Å²) in [6, 6.07) is 12.6. The average molecular weight is 415 g/mol. The minimum absolute atomic E-state index is 0.0504. The molecule has 3 rings (SSSR count). The summed E-state index contributed by atoms with van der Waals surface area (Å²) in [5.74, 6) is 0.338. The van der Waals surface area contributed by atoms with Crippen molar-refractivity contribution < 1.29 is 14.6 Å². The minimum Gasteiger partial charge on any atom is -0.507 e. The molecule has 0 aliphatic heterocycles. The van der Waals surface area contributed by atoms with Gasteiger partial charge in [-0.2, -0.15) is 5.26 Å². The predicted molar refractivity (Wildman–Crippen MR) is 118 cm³/mol. The molecule has 0 radical (unpaired) electrons. The summed E-state index contributed by atoms with van der Waals surface area (Å²) < 4.78 is 5.80. The maximum absolute atomic E-state index is 12.5. The Kier molecular flexibility index (Phi) is 6.36. The number of carbonyl (C=O) groups is 1. The molecule has 6 nitrogen and oxygen atoms in total. The molecular weight excluding hydrogens is 390 g/mol. The Morgan fingerprint density at radius 1 is 1.16 bits per heavy atom. The summed E-state index contributed by atoms with van der Waals surface area (Å²) in [6.07, 6.45) is 3.60. The fourth-order valence-electron chi connectivity index (χ4n) is 3.12. The number of phenolic OH excluding ortho intramolecular Hbond substituents is 1. The third kappa shape index (κ3) is 5.46. The number of ketones is 1. The van der Waals surface area contributed by atoms with E-state index >= 15 is 0 Å². The Morgan fingerprint density at radius 2 is 1.94 bits per heavy atom. The Labute approximate surface area is 182 Å². The first-order valence-electron chi connectivity index (χ1n) is 9.98. The third-order valence-electron chi connectivity index (χ3n) is 4.74. The van der Waals surface area contributed by atoms with E-state index in [2.05, 4.69) is 16.0 Å². The molecular formula is C25H25N3O3. The van der Waals surface area contributed by atoms with Gasteiger partial charge in [-0.15, -0.1) is 0 Å². The normalized spacial score (nSPS) is 11.1. The van der Waals surface area contributed by atoms with Crippen LogP contribution in [0.15, 0.2) is 48.8 Å². The van der Waals surface area contributed by atoms with E-state index in [4.69, 9.17) is 10.00 Å². The topological polar surface area (TPSA) is 96.1 Å². The van der Waals surface area contributed by atoms with E-state index in [1.165, 1.54) is 0 Å². The molecule has 0 saturated heterocycles. The average Bonchev–Trinajstić information content (AvgIpc) is 2.74. The highest BCUT2D eigenvalue weighted by Gasteiger charge is 2.21. The van der Waals surface area contributed by atoms with Gasteiger partial charge in [-0.1, -0.05) is 32.9 Å². The highest BCUT2D eigenvalue weighted by Crippen LogP contribution is 2.33. The monoisotopic (exact) mass is 415 g/mol. The molecule has 0 bridgehead atoms. The molecule has 158 valence electrons. The zero-order valence-electron chi connectivity index (χ0n) is 18.1. The van der Waals surface area contributed by atoms with Crippen molar-refractivity contribution in [2.24, 2.45) is 5.41 Å². The lowest BCUT2D eigenvalue weighted by Gasteiger charge is -2.18. The predicted octanol–water partition coefficient (Wildman–Crippen LogP) is 5.23. The van der Waals surface area contributed by atoms with Gasteiger partial charge in [0.15, 0.2) is 5.78 Å². The van der Waals surface area contributed by atoms with Crippen molar-refractivity contribution in [1.82, 2.24) is 9.97 Å². The molecule has 1 heterocycles. The Bertz CT molecular complexity index is 1140. The second-order valence-corrected chi connectivity index (χ2v) is 8.62. The number of ether oxygens (including phenoxy) is 1. The molecule has 3 aromatic rings. The molecule has 1 N–H and O–H groups in total. The number of rotatable bonds is 6. The van der Waals surface area contributed by atoms with Crippen LogP contribution in [0.4, 0.5) is 0 Å². The first-order chi connectivity index (χ1) is 14.7. The van der Waals surface area contributed by atoms with Crippen LogP contribution < -0.4 is 4.74 Å². The third-order valence-corrected chi connectivity index (χ3v) is 4.74. The molecule has 0 aliphatic rings. The van der Waals surface area contributed by atoms with Crippen LogP contribution in [0.3, 0.4) is 0 Å². The number of hydrogen-bond donors (Lipinski definition) is 1. The van der Waals surface area contributed by atoms with Gasteiger partial charge in [0.2, 0.25) is 0 Å². The summed E-state index contributed by atoms with van der Waals surface area (Å²) in [7, 11) is 0. The molecule has 1 aromatic heterocycles. The van der Waals surface area contributed by atoms with E-state index < -0.39 is 0 Å². The van der Waals surface area contributed by atoms with Crippen LogP contribution in [0.2, 0.25) is 0 Å². The van der Waals surface area contributed by atoms with Crippen LogP contribution in [0.5, 0.6) is 11.5 Å². The number of hydrogen-bond acceptors (Lipinski definition) is 6. The van der Waals surface area contributed by atoms with E-state index in [-0.39, 0.29) is 23.6 Å². The molecule has 0 unspecified atom stereocenters. The summed E-state index contributed by atoms with van der Waals surface area (Å²) in [4.78, 5) is 21.3. The number of phenols is 1. The summed E-state index contributed by atoms with van der Waals surface area (Å²) in [6.45, 7) is 7.84. The highest BCUT2D eigenvalue weighted by atomic mass is 16.5. The largest absolute Gasteiger partial charge is 0.507 e. The number of carbonyl (C=O) groups excluding carboxylic acids is 1. The summed E-state index contributed by atoms with van der Waals surface area (Å²) in [5.41, 5.74) is 3.32. The second kappa shape index (κ2) is 8.97. The Morgan fingerprint density at radius 3 is 2.58 bits per heavy atom. The fraction of sp³-hybridized carbons (Fsp3) is 0.280. The van der Waals surface area contributed by atoms with Crippen LogP contribution in [0.1, 0.15) is 54.4 Å². The maximum atomic E-state index is 12.5. The van der Waals surface area contributed by atoms with E-state index in [1.54, 1.807) is 49.6 Å². The van der Waals surface area contributed by atoms with E-state index in [9.17, 15) is 9.90 Å². The number of Topliss-reactive ketones (excluding diaryl/α,β-unsaturated/α-hetero) is 1. The van der Waals surface area contributed by atoms with Crippen molar-refractivity contribution >= 4 is 5.78 Å². The van der Waals surface area contributed by atoms with Gasteiger partial charge in [0.25, 0.3) is 0 Å².